The monoisotopic (exact) mass is 239 g/mol. The maximum atomic E-state index is 11.5. The van der Waals surface area contributed by atoms with E-state index in [4.69, 9.17) is 11.6 Å². The Labute approximate surface area is 102 Å². The Kier molecular flexibility index (Phi) is 5.33. The van der Waals surface area contributed by atoms with Crippen LogP contribution in [0.2, 0.25) is 5.02 Å². The quantitative estimate of drug-likeness (QED) is 0.834. The minimum atomic E-state index is 0.0674. The molecule has 0 bridgehead atoms. The van der Waals surface area contributed by atoms with E-state index in [9.17, 15) is 4.79 Å². The second kappa shape index (κ2) is 6.54. The maximum Gasteiger partial charge on any atom is 0.220 e. The highest BCUT2D eigenvalue weighted by Crippen LogP contribution is 2.20. The van der Waals surface area contributed by atoms with Crippen LogP contribution in [-0.4, -0.2) is 5.91 Å². The molecular formula is C13H18ClNO. The van der Waals surface area contributed by atoms with E-state index < -0.39 is 0 Å². The van der Waals surface area contributed by atoms with Crippen LogP contribution in [0.15, 0.2) is 24.3 Å². The lowest BCUT2D eigenvalue weighted by atomic mass is 10.0. The van der Waals surface area contributed by atoms with Crippen LogP contribution in [-0.2, 0) is 4.79 Å². The molecule has 2 nitrogen and oxygen atoms in total. The molecule has 1 rings (SSSR count). The number of rotatable bonds is 5. The molecule has 88 valence electrons. The summed E-state index contributed by atoms with van der Waals surface area (Å²) >= 11 is 5.93. The van der Waals surface area contributed by atoms with E-state index in [1.807, 2.05) is 31.2 Å². The van der Waals surface area contributed by atoms with Gasteiger partial charge in [0.25, 0.3) is 0 Å². The van der Waals surface area contributed by atoms with Gasteiger partial charge in [-0.25, -0.2) is 0 Å². The van der Waals surface area contributed by atoms with Crippen molar-refractivity contribution in [3.05, 3.63) is 34.9 Å². The van der Waals surface area contributed by atoms with Crippen LogP contribution in [0.5, 0.6) is 0 Å². The molecule has 0 aliphatic heterocycles. The van der Waals surface area contributed by atoms with Crippen molar-refractivity contribution in [1.29, 1.82) is 0 Å². The van der Waals surface area contributed by atoms with Crippen molar-refractivity contribution >= 4 is 17.5 Å². The first kappa shape index (κ1) is 13.0. The standard InChI is InChI=1S/C13H18ClNO/c1-3-6-13(16)15-12(4-2)10-7-5-8-11(14)9-10/h5,7-9,12H,3-4,6H2,1-2H3,(H,15,16). The van der Waals surface area contributed by atoms with Gasteiger partial charge in [-0.1, -0.05) is 37.6 Å². The predicted octanol–water partition coefficient (Wildman–Crippen LogP) is 3.71. The summed E-state index contributed by atoms with van der Waals surface area (Å²) in [5.41, 5.74) is 1.07. The second-order valence-corrected chi connectivity index (χ2v) is 4.27. The number of nitrogens with one attached hydrogen (secondary N) is 1. The van der Waals surface area contributed by atoms with E-state index in [2.05, 4.69) is 12.2 Å². The smallest absolute Gasteiger partial charge is 0.220 e. The Hall–Kier alpha value is -1.02. The average molecular weight is 240 g/mol. The third-order valence-corrected chi connectivity index (χ3v) is 2.71. The number of carbonyl (C=O) groups excluding carboxylic acids is 1. The summed E-state index contributed by atoms with van der Waals surface area (Å²) in [4.78, 5) is 11.5. The fourth-order valence-electron chi connectivity index (χ4n) is 1.64. The van der Waals surface area contributed by atoms with Gasteiger partial charge in [0.2, 0.25) is 5.91 Å². The first-order chi connectivity index (χ1) is 7.67. The van der Waals surface area contributed by atoms with E-state index in [0.717, 1.165) is 18.4 Å². The van der Waals surface area contributed by atoms with Gasteiger partial charge in [0, 0.05) is 11.4 Å². The SMILES string of the molecule is CCCC(=O)NC(CC)c1cccc(Cl)c1. The summed E-state index contributed by atoms with van der Waals surface area (Å²) in [6.45, 7) is 4.05. The Bertz CT molecular complexity index is 352. The Balaban J connectivity index is 2.70. The van der Waals surface area contributed by atoms with Crippen molar-refractivity contribution in [3.8, 4) is 0 Å². The van der Waals surface area contributed by atoms with Crippen LogP contribution in [0.3, 0.4) is 0 Å². The number of amides is 1. The molecule has 0 spiro atoms. The van der Waals surface area contributed by atoms with E-state index in [-0.39, 0.29) is 11.9 Å². The molecular weight excluding hydrogens is 222 g/mol. The number of hydrogen-bond donors (Lipinski definition) is 1. The highest BCUT2D eigenvalue weighted by Gasteiger charge is 2.11. The third kappa shape index (κ3) is 3.86. The molecule has 0 aromatic heterocycles. The van der Waals surface area contributed by atoms with Crippen LogP contribution in [0.4, 0.5) is 0 Å². The first-order valence-corrected chi connectivity index (χ1v) is 6.10. The van der Waals surface area contributed by atoms with Crippen molar-refractivity contribution in [2.75, 3.05) is 0 Å². The Morgan fingerprint density at radius 1 is 1.44 bits per heavy atom. The molecule has 1 aromatic carbocycles. The molecule has 0 fully saturated rings. The van der Waals surface area contributed by atoms with Crippen LogP contribution in [0, 0.1) is 0 Å². The lowest BCUT2D eigenvalue weighted by Gasteiger charge is -2.17. The van der Waals surface area contributed by atoms with Gasteiger partial charge in [-0.3, -0.25) is 4.79 Å². The molecule has 1 atom stereocenters. The Morgan fingerprint density at radius 3 is 2.75 bits per heavy atom. The first-order valence-electron chi connectivity index (χ1n) is 5.72. The van der Waals surface area contributed by atoms with Gasteiger partial charge >= 0.3 is 0 Å². The summed E-state index contributed by atoms with van der Waals surface area (Å²) in [7, 11) is 0. The molecule has 1 aromatic rings. The molecule has 0 saturated carbocycles. The van der Waals surface area contributed by atoms with E-state index in [0.29, 0.717) is 11.4 Å². The zero-order chi connectivity index (χ0) is 12.0. The van der Waals surface area contributed by atoms with E-state index >= 15 is 0 Å². The highest BCUT2D eigenvalue weighted by atomic mass is 35.5. The van der Waals surface area contributed by atoms with Gasteiger partial charge in [-0.05, 0) is 30.5 Å². The van der Waals surface area contributed by atoms with Crippen molar-refractivity contribution in [2.24, 2.45) is 0 Å². The summed E-state index contributed by atoms with van der Waals surface area (Å²) < 4.78 is 0. The van der Waals surface area contributed by atoms with Gasteiger partial charge in [0.05, 0.1) is 6.04 Å². The normalized spacial score (nSPS) is 12.2. The van der Waals surface area contributed by atoms with Crippen LogP contribution >= 0.6 is 11.6 Å². The largest absolute Gasteiger partial charge is 0.349 e. The van der Waals surface area contributed by atoms with Gasteiger partial charge in [0.15, 0.2) is 0 Å². The van der Waals surface area contributed by atoms with Crippen molar-refractivity contribution in [1.82, 2.24) is 5.32 Å². The van der Waals surface area contributed by atoms with Gasteiger partial charge in [-0.2, -0.15) is 0 Å². The fraction of sp³-hybridized carbons (Fsp3) is 0.462. The molecule has 0 heterocycles. The zero-order valence-electron chi connectivity index (χ0n) is 9.79. The van der Waals surface area contributed by atoms with Gasteiger partial charge < -0.3 is 5.32 Å². The van der Waals surface area contributed by atoms with Crippen LogP contribution < -0.4 is 5.32 Å². The van der Waals surface area contributed by atoms with Gasteiger partial charge in [0.1, 0.15) is 0 Å². The van der Waals surface area contributed by atoms with Crippen molar-refractivity contribution in [3.63, 3.8) is 0 Å². The molecule has 0 radical (unpaired) electrons. The molecule has 1 N–H and O–H groups in total. The second-order valence-electron chi connectivity index (χ2n) is 3.83. The molecule has 0 aliphatic rings. The molecule has 1 amide bonds. The van der Waals surface area contributed by atoms with E-state index in [1.165, 1.54) is 0 Å². The topological polar surface area (TPSA) is 29.1 Å². The molecule has 1 unspecified atom stereocenters. The van der Waals surface area contributed by atoms with Crippen molar-refractivity contribution in [2.45, 2.75) is 39.2 Å². The lowest BCUT2D eigenvalue weighted by Crippen LogP contribution is -2.27. The minimum Gasteiger partial charge on any atom is -0.349 e. The highest BCUT2D eigenvalue weighted by molar-refractivity contribution is 6.30. The number of halogens is 1. The zero-order valence-corrected chi connectivity index (χ0v) is 10.6. The minimum absolute atomic E-state index is 0.0674. The summed E-state index contributed by atoms with van der Waals surface area (Å²) in [6, 6.07) is 7.71. The molecule has 3 heteroatoms. The summed E-state index contributed by atoms with van der Waals surface area (Å²) in [5.74, 6) is 0.106. The number of hydrogen-bond acceptors (Lipinski definition) is 1. The lowest BCUT2D eigenvalue weighted by molar-refractivity contribution is -0.121. The van der Waals surface area contributed by atoms with Crippen molar-refractivity contribution < 1.29 is 4.79 Å². The summed E-state index contributed by atoms with van der Waals surface area (Å²) in [5, 5.41) is 3.72. The van der Waals surface area contributed by atoms with E-state index in [1.54, 1.807) is 0 Å². The third-order valence-electron chi connectivity index (χ3n) is 2.47. The molecule has 0 aliphatic carbocycles. The fourth-order valence-corrected chi connectivity index (χ4v) is 1.84. The molecule has 0 saturated heterocycles. The number of benzene rings is 1. The van der Waals surface area contributed by atoms with Gasteiger partial charge in [-0.15, -0.1) is 0 Å². The van der Waals surface area contributed by atoms with Crippen LogP contribution in [0.25, 0.3) is 0 Å². The van der Waals surface area contributed by atoms with Crippen LogP contribution in [0.1, 0.15) is 44.7 Å². The maximum absolute atomic E-state index is 11.5. The predicted molar refractivity (Wildman–Crippen MR) is 67.5 cm³/mol. The summed E-state index contributed by atoms with van der Waals surface area (Å²) in [6.07, 6.45) is 2.32. The molecule has 16 heavy (non-hydrogen) atoms. The average Bonchev–Trinajstić information content (AvgIpc) is 2.26. The number of carbonyl (C=O) groups is 1. The Morgan fingerprint density at radius 2 is 2.19 bits per heavy atom.